The summed E-state index contributed by atoms with van der Waals surface area (Å²) in [4.78, 5) is 29.5. The molecule has 0 aliphatic carbocycles. The van der Waals surface area contributed by atoms with Gasteiger partial charge in [0.15, 0.2) is 11.9 Å². The summed E-state index contributed by atoms with van der Waals surface area (Å²) in [5, 5.41) is 30.9. The number of hydrogen-bond acceptors (Lipinski definition) is 13. The lowest BCUT2D eigenvalue weighted by atomic mass is 9.80. The third-order valence-electron chi connectivity index (χ3n) is 8.02. The number of aliphatic hydroxyl groups is 1. The van der Waals surface area contributed by atoms with E-state index in [1.165, 1.54) is 30.8 Å². The lowest BCUT2D eigenvalue weighted by molar-refractivity contribution is -0.168. The van der Waals surface area contributed by atoms with Gasteiger partial charge in [-0.1, -0.05) is 50.2 Å². The normalized spacial score (nSPS) is 24.2. The maximum Gasteiger partial charge on any atom is 0.459 e. The predicted octanol–water partition coefficient (Wildman–Crippen LogP) is 3.65. The minimum absolute atomic E-state index is 0.0662. The maximum atomic E-state index is 14.5. The molecule has 0 unspecified atom stereocenters. The van der Waals surface area contributed by atoms with E-state index in [1.54, 1.807) is 51.1 Å². The molecule has 1 fully saturated rings. The molecule has 16 heteroatoms. The summed E-state index contributed by atoms with van der Waals surface area (Å²) in [5.41, 5.74) is 1.99. The first-order chi connectivity index (χ1) is 22.8. The van der Waals surface area contributed by atoms with Crippen LogP contribution < -0.4 is 15.3 Å². The van der Waals surface area contributed by atoms with Crippen LogP contribution in [0.5, 0.6) is 5.75 Å². The monoisotopic (exact) mass is 680 g/mol. The second-order valence-corrected chi connectivity index (χ2v) is 13.4. The van der Waals surface area contributed by atoms with Gasteiger partial charge in [-0.3, -0.25) is 14.1 Å². The molecule has 0 spiro atoms. The van der Waals surface area contributed by atoms with Gasteiger partial charge < -0.3 is 29.6 Å². The first kappa shape index (κ1) is 34.7. The number of benzene rings is 2. The highest BCUT2D eigenvalue weighted by atomic mass is 31.2. The quantitative estimate of drug-likeness (QED) is 0.144. The number of hydrogen-bond donors (Lipinski definition) is 3. The van der Waals surface area contributed by atoms with Gasteiger partial charge >= 0.3 is 19.7 Å². The van der Waals surface area contributed by atoms with Gasteiger partial charge in [-0.2, -0.15) is 15.4 Å². The average Bonchev–Trinajstić information content (AvgIpc) is 3.58. The second-order valence-electron chi connectivity index (χ2n) is 11.7. The highest BCUT2D eigenvalue weighted by Gasteiger charge is 2.67. The Bertz CT molecular complexity index is 1920. The molecule has 4 N–H and O–H groups in total. The van der Waals surface area contributed by atoms with Crippen LogP contribution in [0.15, 0.2) is 60.9 Å². The van der Waals surface area contributed by atoms with Crippen molar-refractivity contribution in [3.8, 4) is 11.8 Å². The van der Waals surface area contributed by atoms with Crippen LogP contribution in [-0.4, -0.2) is 68.7 Å². The number of nitrogens with two attached hydrogens (primary N) is 1. The molecule has 1 aliphatic heterocycles. The van der Waals surface area contributed by atoms with E-state index in [0.29, 0.717) is 10.9 Å². The number of fused-ring (bicyclic) bond motifs is 2. The molecule has 2 aromatic carbocycles. The highest BCUT2D eigenvalue weighted by molar-refractivity contribution is 7.52. The molecule has 5 rings (SSSR count). The van der Waals surface area contributed by atoms with E-state index in [-0.39, 0.29) is 23.9 Å². The fraction of sp³-hybridized carbons (Fsp3) is 0.406. The number of esters is 2. The van der Waals surface area contributed by atoms with Gasteiger partial charge in [-0.15, -0.1) is 0 Å². The highest BCUT2D eigenvalue weighted by Crippen LogP contribution is 2.51. The van der Waals surface area contributed by atoms with Crippen molar-refractivity contribution >= 4 is 41.8 Å². The molecule has 0 bridgehead atoms. The number of nitrogens with one attached hydrogen (secondary N) is 1. The van der Waals surface area contributed by atoms with E-state index >= 15 is 0 Å². The summed E-state index contributed by atoms with van der Waals surface area (Å²) >= 11 is 0. The number of nitrogen functional groups attached to an aromatic ring is 1. The summed E-state index contributed by atoms with van der Waals surface area (Å²) in [7, 11) is -4.49. The predicted molar refractivity (Wildman–Crippen MR) is 172 cm³/mol. The van der Waals surface area contributed by atoms with Crippen molar-refractivity contribution in [2.24, 2.45) is 5.92 Å². The SMILES string of the molecule is CCOC(=O)[C@H](C)N[P@](=O)(OC[C@H]1O[C@@](C#N)(c2ccc3c(N)ncnn23)[C@](C)(O)[C@@H]1OC(=O)C(C)C)Oc1cccc2ccccc12. The molecule has 15 nitrogen and oxygen atoms in total. The second kappa shape index (κ2) is 13.5. The van der Waals surface area contributed by atoms with Gasteiger partial charge in [0.25, 0.3) is 0 Å². The Morgan fingerprint density at radius 2 is 1.90 bits per heavy atom. The standard InChI is InChI=1S/C32H37N6O9P/c1-6-43-30(40)20(4)37-48(42,47-24-13-9-11-21-10-7-8-12-22(21)24)44-16-25-27(45-29(39)19(2)3)31(5,41)32(17-33,46-25)26-15-14-23-28(34)35-18-36-38(23)26/h7-15,18-20,25,27,41H,6,16H2,1-5H3,(H,37,42)(H2,34,35,36)/t20-,25+,27+,31+,32-,48-/m0/s1. The number of ether oxygens (including phenoxy) is 3. The molecule has 1 aliphatic rings. The van der Waals surface area contributed by atoms with E-state index in [4.69, 9.17) is 29.0 Å². The van der Waals surface area contributed by atoms with E-state index in [2.05, 4.69) is 15.2 Å². The zero-order valence-corrected chi connectivity index (χ0v) is 27.9. The zero-order valence-electron chi connectivity index (χ0n) is 27.0. The summed E-state index contributed by atoms with van der Waals surface area (Å²) in [6.45, 7) is 6.98. The van der Waals surface area contributed by atoms with Crippen LogP contribution in [0, 0.1) is 17.2 Å². The van der Waals surface area contributed by atoms with E-state index < -0.39 is 61.7 Å². The molecule has 254 valence electrons. The summed E-state index contributed by atoms with van der Waals surface area (Å²) in [5.74, 6) is -1.73. The number of aromatic nitrogens is 3. The molecule has 0 saturated carbocycles. The Morgan fingerprint density at radius 1 is 1.17 bits per heavy atom. The Kier molecular flexibility index (Phi) is 9.77. The number of carbonyl (C=O) groups is 2. The van der Waals surface area contributed by atoms with Crippen LogP contribution in [0.3, 0.4) is 0 Å². The van der Waals surface area contributed by atoms with Gasteiger partial charge in [0.1, 0.15) is 41.4 Å². The van der Waals surface area contributed by atoms with Crippen molar-refractivity contribution in [2.75, 3.05) is 18.9 Å². The summed E-state index contributed by atoms with van der Waals surface area (Å²) in [6, 6.07) is 16.3. The van der Waals surface area contributed by atoms with E-state index in [0.717, 1.165) is 5.39 Å². The van der Waals surface area contributed by atoms with Gasteiger partial charge in [-0.05, 0) is 44.4 Å². The molecule has 4 aromatic rings. The largest absolute Gasteiger partial charge is 0.465 e. The molecule has 2 aromatic heterocycles. The number of nitrogens with zero attached hydrogens (tertiary/aromatic N) is 4. The minimum Gasteiger partial charge on any atom is -0.465 e. The Morgan fingerprint density at radius 3 is 2.60 bits per heavy atom. The molecule has 48 heavy (non-hydrogen) atoms. The topological polar surface area (TPSA) is 210 Å². The molecule has 6 atom stereocenters. The fourth-order valence-electron chi connectivity index (χ4n) is 5.50. The van der Waals surface area contributed by atoms with Crippen molar-refractivity contribution in [3.05, 3.63) is 66.6 Å². The number of rotatable bonds is 12. The number of carbonyl (C=O) groups excluding carboxylic acids is 2. The lowest BCUT2D eigenvalue weighted by Gasteiger charge is -2.34. The first-order valence-corrected chi connectivity index (χ1v) is 16.8. The summed E-state index contributed by atoms with van der Waals surface area (Å²) in [6.07, 6.45) is -1.74. The third kappa shape index (κ3) is 6.33. The summed E-state index contributed by atoms with van der Waals surface area (Å²) < 4.78 is 44.8. The molecule has 0 amide bonds. The molecule has 0 radical (unpaired) electrons. The molecule has 3 heterocycles. The smallest absolute Gasteiger partial charge is 0.459 e. The van der Waals surface area contributed by atoms with Gasteiger partial charge in [0.2, 0.25) is 5.60 Å². The number of nitriles is 1. The van der Waals surface area contributed by atoms with Crippen molar-refractivity contribution in [2.45, 2.75) is 64.1 Å². The average molecular weight is 681 g/mol. The Balaban J connectivity index is 1.54. The van der Waals surface area contributed by atoms with Crippen LogP contribution in [0.2, 0.25) is 0 Å². The van der Waals surface area contributed by atoms with Gasteiger partial charge in [0.05, 0.1) is 24.8 Å². The van der Waals surface area contributed by atoms with Crippen LogP contribution in [-0.2, 0) is 38.5 Å². The Labute approximate surface area is 276 Å². The molecular formula is C32H37N6O9P. The lowest BCUT2D eigenvalue weighted by Crippen LogP contribution is -2.54. The van der Waals surface area contributed by atoms with Crippen molar-refractivity contribution in [1.29, 1.82) is 5.26 Å². The minimum atomic E-state index is -4.49. The molecular weight excluding hydrogens is 643 g/mol. The fourth-order valence-corrected chi connectivity index (χ4v) is 7.02. The van der Waals surface area contributed by atoms with Crippen molar-refractivity contribution in [1.82, 2.24) is 19.7 Å². The van der Waals surface area contributed by atoms with Crippen LogP contribution >= 0.6 is 7.75 Å². The first-order valence-electron chi connectivity index (χ1n) is 15.2. The van der Waals surface area contributed by atoms with Crippen molar-refractivity contribution < 1.29 is 42.5 Å². The van der Waals surface area contributed by atoms with Gasteiger partial charge in [-0.25, -0.2) is 14.1 Å². The number of anilines is 1. The Hall–Kier alpha value is -4.58. The van der Waals surface area contributed by atoms with E-state index in [1.807, 2.05) is 24.3 Å². The van der Waals surface area contributed by atoms with Crippen LogP contribution in [0.1, 0.15) is 40.3 Å². The van der Waals surface area contributed by atoms with Crippen LogP contribution in [0.25, 0.3) is 16.3 Å². The van der Waals surface area contributed by atoms with Crippen LogP contribution in [0.4, 0.5) is 5.82 Å². The zero-order chi connectivity index (χ0) is 34.9. The van der Waals surface area contributed by atoms with Gasteiger partial charge in [0, 0.05) is 5.39 Å². The maximum absolute atomic E-state index is 14.5. The van der Waals surface area contributed by atoms with E-state index in [9.17, 15) is 24.5 Å². The third-order valence-corrected chi connectivity index (χ3v) is 9.65. The molecule has 1 saturated heterocycles. The van der Waals surface area contributed by atoms with Crippen molar-refractivity contribution in [3.63, 3.8) is 0 Å².